The van der Waals surface area contributed by atoms with Crippen molar-refractivity contribution < 1.29 is 19.4 Å². The van der Waals surface area contributed by atoms with Crippen molar-refractivity contribution in [2.75, 3.05) is 12.4 Å². The van der Waals surface area contributed by atoms with E-state index in [4.69, 9.17) is 9.84 Å². The minimum atomic E-state index is -0.989. The number of hydrogen-bond donors (Lipinski definition) is 2. The summed E-state index contributed by atoms with van der Waals surface area (Å²) in [4.78, 5) is 22.0. The zero-order valence-corrected chi connectivity index (χ0v) is 7.89. The maximum Gasteiger partial charge on any atom is 0.355 e. The van der Waals surface area contributed by atoms with Gasteiger partial charge in [-0.3, -0.25) is 0 Å². The Labute approximate surface area is 83.8 Å². The molecule has 5 nitrogen and oxygen atoms in total. The third-order valence-corrected chi connectivity index (χ3v) is 2.99. The van der Waals surface area contributed by atoms with Crippen molar-refractivity contribution in [3.8, 4) is 0 Å². The van der Waals surface area contributed by atoms with Crippen LogP contribution in [-0.4, -0.2) is 29.4 Å². The van der Waals surface area contributed by atoms with Gasteiger partial charge in [0.15, 0.2) is 0 Å². The Morgan fingerprint density at radius 3 is 3.14 bits per heavy atom. The predicted octanol–water partition coefficient (Wildman–Crippen LogP) is 0.0597. The van der Waals surface area contributed by atoms with E-state index in [0.29, 0.717) is 11.4 Å². The van der Waals surface area contributed by atoms with Gasteiger partial charge in [-0.1, -0.05) is 0 Å². The largest absolute Gasteiger partial charge is 0.477 e. The lowest BCUT2D eigenvalue weighted by atomic mass is 10.3. The zero-order valence-electron chi connectivity index (χ0n) is 7.07. The second-order valence-corrected chi connectivity index (χ2v) is 3.82. The fraction of sp³-hybridized carbons (Fsp3) is 0.250. The Kier molecular flexibility index (Phi) is 2.20. The molecular formula is C8H7NO4S. The van der Waals surface area contributed by atoms with Crippen LogP contribution in [-0.2, 0) is 14.3 Å². The van der Waals surface area contributed by atoms with Crippen molar-refractivity contribution in [1.29, 1.82) is 0 Å². The van der Waals surface area contributed by atoms with Crippen molar-refractivity contribution in [2.24, 2.45) is 0 Å². The van der Waals surface area contributed by atoms with Crippen LogP contribution in [0.1, 0.15) is 0 Å². The van der Waals surface area contributed by atoms with E-state index in [1.165, 1.54) is 18.0 Å². The zero-order chi connectivity index (χ0) is 10.1. The molecule has 2 heterocycles. The highest BCUT2D eigenvalue weighted by Crippen LogP contribution is 2.26. The second-order valence-electron chi connectivity index (χ2n) is 2.80. The van der Waals surface area contributed by atoms with Gasteiger partial charge in [0.25, 0.3) is 0 Å². The highest BCUT2D eigenvalue weighted by atomic mass is 32.2. The number of cyclic esters (lactones) is 1. The summed E-state index contributed by atoms with van der Waals surface area (Å²) in [5.74, 6) is -0.924. The van der Waals surface area contributed by atoms with Crippen LogP contribution in [0.2, 0.25) is 0 Å². The fourth-order valence-corrected chi connectivity index (χ4v) is 2.01. The Hall–Kier alpha value is -1.43. The van der Waals surface area contributed by atoms with Gasteiger partial charge >= 0.3 is 11.9 Å². The average molecular weight is 213 g/mol. The highest BCUT2D eigenvalue weighted by Gasteiger charge is 2.27. The molecule has 0 bridgehead atoms. The predicted molar refractivity (Wildman–Crippen MR) is 49.3 cm³/mol. The molecule has 0 unspecified atom stereocenters. The number of ether oxygens (including phenoxy) is 1. The number of rotatable bonds is 1. The van der Waals surface area contributed by atoms with E-state index in [1.54, 1.807) is 0 Å². The van der Waals surface area contributed by atoms with E-state index in [0.717, 1.165) is 5.57 Å². The van der Waals surface area contributed by atoms with Crippen LogP contribution in [0.15, 0.2) is 22.4 Å². The molecule has 0 amide bonds. The van der Waals surface area contributed by atoms with E-state index in [2.05, 4.69) is 5.32 Å². The number of nitrogens with one attached hydrogen (secondary N) is 1. The normalized spacial score (nSPS) is 20.6. The van der Waals surface area contributed by atoms with Crippen molar-refractivity contribution in [3.63, 3.8) is 0 Å². The first kappa shape index (κ1) is 9.14. The third kappa shape index (κ3) is 1.48. The van der Waals surface area contributed by atoms with Crippen LogP contribution in [0.25, 0.3) is 0 Å². The SMILES string of the molecule is O=C(O)C1=CNC2=C(COC2=O)CS1. The minimum Gasteiger partial charge on any atom is -0.477 e. The molecule has 2 rings (SSSR count). The number of thioether (sulfide) groups is 1. The summed E-state index contributed by atoms with van der Waals surface area (Å²) in [6.45, 7) is 0.259. The lowest BCUT2D eigenvalue weighted by molar-refractivity contribution is -0.136. The van der Waals surface area contributed by atoms with Crippen molar-refractivity contribution >= 4 is 23.7 Å². The summed E-state index contributed by atoms with van der Waals surface area (Å²) in [5.41, 5.74) is 1.20. The smallest absolute Gasteiger partial charge is 0.355 e. The lowest BCUT2D eigenvalue weighted by Crippen LogP contribution is -2.13. The van der Waals surface area contributed by atoms with Gasteiger partial charge in [0.2, 0.25) is 0 Å². The number of carbonyl (C=O) groups excluding carboxylic acids is 1. The Morgan fingerprint density at radius 1 is 1.64 bits per heavy atom. The van der Waals surface area contributed by atoms with E-state index in [9.17, 15) is 9.59 Å². The Bertz CT molecular complexity index is 372. The summed E-state index contributed by atoms with van der Waals surface area (Å²) in [7, 11) is 0. The first-order valence-electron chi connectivity index (χ1n) is 3.90. The lowest BCUT2D eigenvalue weighted by Gasteiger charge is -1.99. The molecule has 6 heteroatoms. The maximum absolute atomic E-state index is 11.1. The number of esters is 1. The van der Waals surface area contributed by atoms with Gasteiger partial charge in [0.05, 0.1) is 0 Å². The number of hydrogen-bond acceptors (Lipinski definition) is 5. The molecule has 0 spiro atoms. The van der Waals surface area contributed by atoms with Crippen LogP contribution >= 0.6 is 11.8 Å². The molecule has 0 radical (unpaired) electrons. The topological polar surface area (TPSA) is 75.6 Å². The van der Waals surface area contributed by atoms with Crippen LogP contribution < -0.4 is 5.32 Å². The first-order chi connectivity index (χ1) is 6.68. The van der Waals surface area contributed by atoms with Crippen LogP contribution in [0, 0.1) is 0 Å². The van der Waals surface area contributed by atoms with Gasteiger partial charge in [0, 0.05) is 17.5 Å². The molecule has 0 aromatic heterocycles. The van der Waals surface area contributed by atoms with Gasteiger partial charge in [0.1, 0.15) is 17.2 Å². The van der Waals surface area contributed by atoms with Crippen molar-refractivity contribution in [1.82, 2.24) is 5.32 Å². The Balaban J connectivity index is 2.21. The first-order valence-corrected chi connectivity index (χ1v) is 4.89. The quantitative estimate of drug-likeness (QED) is 0.600. The van der Waals surface area contributed by atoms with Gasteiger partial charge in [-0.2, -0.15) is 0 Å². The standard InChI is InChI=1S/C8H7NO4S/c10-7(11)5-1-9-6-4(3-14-5)2-13-8(6)12/h1,9H,2-3H2,(H,10,11). The third-order valence-electron chi connectivity index (χ3n) is 1.90. The molecule has 0 fully saturated rings. The number of carbonyl (C=O) groups is 2. The molecule has 2 aliphatic heterocycles. The molecular weight excluding hydrogens is 206 g/mol. The number of carboxylic acids is 1. The molecule has 2 aliphatic rings. The highest BCUT2D eigenvalue weighted by molar-refractivity contribution is 8.04. The molecule has 0 aromatic rings. The average Bonchev–Trinajstić information content (AvgIpc) is 2.38. The van der Waals surface area contributed by atoms with E-state index in [-0.39, 0.29) is 11.5 Å². The summed E-state index contributed by atoms with van der Waals surface area (Å²) in [6, 6.07) is 0. The maximum atomic E-state index is 11.1. The van der Waals surface area contributed by atoms with Crippen LogP contribution in [0.3, 0.4) is 0 Å². The molecule has 2 N–H and O–H groups in total. The van der Waals surface area contributed by atoms with Gasteiger partial charge in [-0.15, -0.1) is 11.8 Å². The molecule has 0 aromatic carbocycles. The van der Waals surface area contributed by atoms with Gasteiger partial charge < -0.3 is 15.2 Å². The van der Waals surface area contributed by atoms with Crippen LogP contribution in [0.4, 0.5) is 0 Å². The second kappa shape index (κ2) is 3.38. The number of aliphatic carboxylic acids is 1. The fourth-order valence-electron chi connectivity index (χ4n) is 1.18. The van der Waals surface area contributed by atoms with E-state index < -0.39 is 11.9 Å². The summed E-state index contributed by atoms with van der Waals surface area (Å²) < 4.78 is 4.79. The summed E-state index contributed by atoms with van der Waals surface area (Å²) in [5, 5.41) is 11.4. The van der Waals surface area contributed by atoms with Crippen LogP contribution in [0.5, 0.6) is 0 Å². The van der Waals surface area contributed by atoms with Gasteiger partial charge in [-0.25, -0.2) is 9.59 Å². The van der Waals surface area contributed by atoms with E-state index in [1.807, 2.05) is 0 Å². The monoisotopic (exact) mass is 213 g/mol. The Morgan fingerprint density at radius 2 is 2.43 bits per heavy atom. The summed E-state index contributed by atoms with van der Waals surface area (Å²) in [6.07, 6.45) is 1.32. The van der Waals surface area contributed by atoms with Crippen molar-refractivity contribution in [3.05, 3.63) is 22.4 Å². The molecule has 74 valence electrons. The molecule has 0 atom stereocenters. The van der Waals surface area contributed by atoms with Gasteiger partial charge in [-0.05, 0) is 0 Å². The summed E-state index contributed by atoms with van der Waals surface area (Å²) >= 11 is 1.18. The molecule has 14 heavy (non-hydrogen) atoms. The van der Waals surface area contributed by atoms with E-state index >= 15 is 0 Å². The number of carboxylic acid groups (broad SMARTS) is 1. The molecule has 0 aliphatic carbocycles. The van der Waals surface area contributed by atoms with Crippen molar-refractivity contribution in [2.45, 2.75) is 0 Å². The molecule has 0 saturated heterocycles. The minimum absolute atomic E-state index is 0.201. The molecule has 0 saturated carbocycles.